The highest BCUT2D eigenvalue weighted by Gasteiger charge is 2.15. The largest absolute Gasteiger partial charge is 0.391 e. The zero-order chi connectivity index (χ0) is 18.0. The van der Waals surface area contributed by atoms with Crippen LogP contribution in [0.3, 0.4) is 0 Å². The molecule has 3 aromatic rings. The lowest BCUT2D eigenvalue weighted by molar-refractivity contribution is 0.0917. The van der Waals surface area contributed by atoms with E-state index < -0.39 is 6.10 Å². The number of rotatable bonds is 5. The maximum Gasteiger partial charge on any atom is 0.255 e. The van der Waals surface area contributed by atoms with Crippen molar-refractivity contribution in [1.29, 1.82) is 0 Å². The van der Waals surface area contributed by atoms with Crippen LogP contribution in [0.2, 0.25) is 0 Å². The standard InChI is InChI=1S/C19H20FN3O2/c1-12-3-8-18-17(11-22-23(18)13(12)2)19(25)21-10-16(24)9-14-4-6-15(20)7-5-14/h3-8,11,16,24H,9-10H2,1-2H3,(H,21,25). The third kappa shape index (κ3) is 3.69. The third-order valence-corrected chi connectivity index (χ3v) is 4.31. The van der Waals surface area contributed by atoms with Gasteiger partial charge in [-0.25, -0.2) is 8.91 Å². The molecule has 1 atom stereocenters. The minimum absolute atomic E-state index is 0.110. The fourth-order valence-corrected chi connectivity index (χ4v) is 2.72. The molecule has 130 valence electrons. The van der Waals surface area contributed by atoms with Crippen LogP contribution in [0.5, 0.6) is 0 Å². The number of aromatic nitrogens is 2. The maximum atomic E-state index is 12.9. The zero-order valence-electron chi connectivity index (χ0n) is 14.2. The van der Waals surface area contributed by atoms with Gasteiger partial charge < -0.3 is 10.4 Å². The summed E-state index contributed by atoms with van der Waals surface area (Å²) in [5.41, 5.74) is 4.08. The van der Waals surface area contributed by atoms with Gasteiger partial charge in [0.1, 0.15) is 5.82 Å². The molecule has 3 rings (SSSR count). The highest BCUT2D eigenvalue weighted by atomic mass is 19.1. The summed E-state index contributed by atoms with van der Waals surface area (Å²) in [4.78, 5) is 12.4. The molecule has 0 aliphatic heterocycles. The summed E-state index contributed by atoms with van der Waals surface area (Å²) >= 11 is 0. The molecule has 1 unspecified atom stereocenters. The molecule has 0 bridgehead atoms. The Kier molecular flexibility index (Phi) is 4.81. The second kappa shape index (κ2) is 7.03. The summed E-state index contributed by atoms with van der Waals surface area (Å²) in [6.07, 6.45) is 1.12. The Morgan fingerprint density at radius 2 is 1.96 bits per heavy atom. The fourth-order valence-electron chi connectivity index (χ4n) is 2.72. The average molecular weight is 341 g/mol. The SMILES string of the molecule is Cc1ccc2c(C(=O)NCC(O)Cc3ccc(F)cc3)cnn2c1C. The van der Waals surface area contributed by atoms with Crippen LogP contribution in [0.15, 0.2) is 42.6 Å². The van der Waals surface area contributed by atoms with Gasteiger partial charge in [-0.05, 0) is 43.2 Å². The molecule has 6 heteroatoms. The van der Waals surface area contributed by atoms with Gasteiger partial charge >= 0.3 is 0 Å². The van der Waals surface area contributed by atoms with Crippen LogP contribution < -0.4 is 5.32 Å². The summed E-state index contributed by atoms with van der Waals surface area (Å²) in [5.74, 6) is -0.596. The minimum Gasteiger partial charge on any atom is -0.391 e. The van der Waals surface area contributed by atoms with Gasteiger partial charge in [-0.2, -0.15) is 5.10 Å². The molecule has 5 nitrogen and oxygen atoms in total. The number of amides is 1. The quantitative estimate of drug-likeness (QED) is 0.749. The summed E-state index contributed by atoms with van der Waals surface area (Å²) in [6.45, 7) is 4.05. The Hall–Kier alpha value is -2.73. The van der Waals surface area contributed by atoms with Crippen molar-refractivity contribution in [2.75, 3.05) is 6.54 Å². The molecular formula is C19H20FN3O2. The van der Waals surface area contributed by atoms with E-state index >= 15 is 0 Å². The van der Waals surface area contributed by atoms with E-state index in [9.17, 15) is 14.3 Å². The molecule has 0 aliphatic rings. The van der Waals surface area contributed by atoms with Crippen LogP contribution in [-0.4, -0.2) is 33.3 Å². The smallest absolute Gasteiger partial charge is 0.255 e. The van der Waals surface area contributed by atoms with Gasteiger partial charge in [-0.1, -0.05) is 18.2 Å². The first-order valence-electron chi connectivity index (χ1n) is 8.10. The molecule has 0 spiro atoms. The zero-order valence-corrected chi connectivity index (χ0v) is 14.2. The van der Waals surface area contributed by atoms with Crippen LogP contribution >= 0.6 is 0 Å². The van der Waals surface area contributed by atoms with Gasteiger partial charge in [0.15, 0.2) is 0 Å². The fraction of sp³-hybridized carbons (Fsp3) is 0.263. The predicted octanol–water partition coefficient (Wildman–Crippen LogP) is 2.42. The second-order valence-corrected chi connectivity index (χ2v) is 6.15. The van der Waals surface area contributed by atoms with Gasteiger partial charge in [0.25, 0.3) is 5.91 Å². The number of hydrogen-bond donors (Lipinski definition) is 2. The van der Waals surface area contributed by atoms with E-state index in [4.69, 9.17) is 0 Å². The van der Waals surface area contributed by atoms with E-state index in [1.54, 1.807) is 16.6 Å². The lowest BCUT2D eigenvalue weighted by atomic mass is 10.1. The van der Waals surface area contributed by atoms with Crippen LogP contribution in [0, 0.1) is 19.7 Å². The molecule has 1 amide bonds. The van der Waals surface area contributed by atoms with Crippen LogP contribution in [0.4, 0.5) is 4.39 Å². The summed E-state index contributed by atoms with van der Waals surface area (Å²) in [6, 6.07) is 9.76. The van der Waals surface area contributed by atoms with Crippen molar-refractivity contribution in [1.82, 2.24) is 14.9 Å². The number of carbonyl (C=O) groups excluding carboxylic acids is 1. The van der Waals surface area contributed by atoms with Crippen molar-refractivity contribution in [2.45, 2.75) is 26.4 Å². The molecular weight excluding hydrogens is 321 g/mol. The van der Waals surface area contributed by atoms with Crippen LogP contribution in [-0.2, 0) is 6.42 Å². The van der Waals surface area contributed by atoms with Crippen molar-refractivity contribution in [2.24, 2.45) is 0 Å². The Balaban J connectivity index is 1.64. The Bertz CT molecular complexity index is 903. The molecule has 2 N–H and O–H groups in total. The van der Waals surface area contributed by atoms with Crippen molar-refractivity contribution in [3.63, 3.8) is 0 Å². The van der Waals surface area contributed by atoms with Crippen molar-refractivity contribution >= 4 is 11.4 Å². The molecule has 25 heavy (non-hydrogen) atoms. The van der Waals surface area contributed by atoms with E-state index in [1.807, 2.05) is 26.0 Å². The number of hydrogen-bond acceptors (Lipinski definition) is 3. The van der Waals surface area contributed by atoms with Crippen LogP contribution in [0.25, 0.3) is 5.52 Å². The highest BCUT2D eigenvalue weighted by Crippen LogP contribution is 2.15. The van der Waals surface area contributed by atoms with Gasteiger partial charge in [-0.15, -0.1) is 0 Å². The lowest BCUT2D eigenvalue weighted by Crippen LogP contribution is -2.33. The van der Waals surface area contributed by atoms with E-state index in [2.05, 4.69) is 10.4 Å². The van der Waals surface area contributed by atoms with Crippen molar-refractivity contribution in [3.8, 4) is 0 Å². The monoisotopic (exact) mass is 341 g/mol. The number of nitrogens with zero attached hydrogens (tertiary/aromatic N) is 2. The first-order valence-corrected chi connectivity index (χ1v) is 8.10. The van der Waals surface area contributed by atoms with Gasteiger partial charge in [0.05, 0.1) is 23.4 Å². The molecule has 0 radical (unpaired) electrons. The lowest BCUT2D eigenvalue weighted by Gasteiger charge is -2.12. The van der Waals surface area contributed by atoms with Crippen molar-refractivity contribution in [3.05, 3.63) is 70.8 Å². The molecule has 0 saturated heterocycles. The number of fused-ring (bicyclic) bond motifs is 1. The molecule has 0 aliphatic carbocycles. The highest BCUT2D eigenvalue weighted by molar-refractivity contribution is 6.00. The minimum atomic E-state index is -0.750. The predicted molar refractivity (Wildman–Crippen MR) is 93.1 cm³/mol. The normalized spacial score (nSPS) is 12.3. The first kappa shape index (κ1) is 17.1. The van der Waals surface area contributed by atoms with Gasteiger partial charge in [0, 0.05) is 18.7 Å². The molecule has 0 saturated carbocycles. The third-order valence-electron chi connectivity index (χ3n) is 4.31. The number of aliphatic hydroxyl groups excluding tert-OH is 1. The second-order valence-electron chi connectivity index (χ2n) is 6.15. The topological polar surface area (TPSA) is 66.6 Å². The molecule has 2 heterocycles. The van der Waals surface area contributed by atoms with E-state index in [0.29, 0.717) is 12.0 Å². The number of aliphatic hydroxyl groups is 1. The Morgan fingerprint density at radius 1 is 1.24 bits per heavy atom. The van der Waals surface area contributed by atoms with Crippen molar-refractivity contribution < 1.29 is 14.3 Å². The van der Waals surface area contributed by atoms with Gasteiger partial charge in [-0.3, -0.25) is 4.79 Å². The molecule has 2 aromatic heterocycles. The number of halogens is 1. The van der Waals surface area contributed by atoms with E-state index in [0.717, 1.165) is 22.3 Å². The Labute approximate surface area is 145 Å². The number of pyridine rings is 1. The summed E-state index contributed by atoms with van der Waals surface area (Å²) < 4.78 is 14.6. The number of benzene rings is 1. The number of aryl methyl sites for hydroxylation is 2. The summed E-state index contributed by atoms with van der Waals surface area (Å²) in [5, 5.41) is 17.1. The molecule has 0 fully saturated rings. The number of nitrogens with one attached hydrogen (secondary N) is 1. The first-order chi connectivity index (χ1) is 12.0. The van der Waals surface area contributed by atoms with Crippen LogP contribution in [0.1, 0.15) is 27.2 Å². The summed E-state index contributed by atoms with van der Waals surface area (Å²) in [7, 11) is 0. The number of carbonyl (C=O) groups is 1. The Morgan fingerprint density at radius 3 is 2.68 bits per heavy atom. The maximum absolute atomic E-state index is 12.9. The van der Waals surface area contributed by atoms with E-state index in [-0.39, 0.29) is 18.3 Å². The van der Waals surface area contributed by atoms with E-state index in [1.165, 1.54) is 18.3 Å². The van der Waals surface area contributed by atoms with Gasteiger partial charge in [0.2, 0.25) is 0 Å². The molecule has 1 aromatic carbocycles. The average Bonchev–Trinajstić information content (AvgIpc) is 3.03.